The summed E-state index contributed by atoms with van der Waals surface area (Å²) in [5, 5.41) is 26.7. The lowest BCUT2D eigenvalue weighted by atomic mass is 10.1. The number of aromatic hydroxyl groups is 1. The van der Waals surface area contributed by atoms with Crippen LogP contribution in [0.5, 0.6) is 11.5 Å². The zero-order valence-corrected chi connectivity index (χ0v) is 15.7. The second kappa shape index (κ2) is 7.51. The first-order valence-corrected chi connectivity index (χ1v) is 8.61. The quantitative estimate of drug-likeness (QED) is 0.483. The number of anilines is 1. The number of hydrazone groups is 1. The van der Waals surface area contributed by atoms with Crippen LogP contribution in [0.2, 0.25) is 0 Å². The number of aryl methyl sites for hydroxylation is 1. The molecule has 1 N–H and O–H groups in total. The number of carbonyl (C=O) groups excluding carboxylic acids is 1. The number of carbonyl (C=O) groups is 1. The fourth-order valence-electron chi connectivity index (χ4n) is 2.89. The average Bonchev–Trinajstić information content (AvgIpc) is 2.97. The topological polar surface area (TPSA) is 105 Å². The van der Waals surface area contributed by atoms with Crippen LogP contribution < -0.4 is 9.75 Å². The van der Waals surface area contributed by atoms with Crippen LogP contribution in [0.15, 0.2) is 47.1 Å². The molecule has 0 atom stereocenters. The molecule has 0 aromatic heterocycles. The highest BCUT2D eigenvalue weighted by Crippen LogP contribution is 2.38. The molecule has 8 heteroatoms. The molecule has 1 amide bonds. The van der Waals surface area contributed by atoms with Crippen LogP contribution in [0.3, 0.4) is 0 Å². The minimum atomic E-state index is -0.709. The van der Waals surface area contributed by atoms with E-state index in [-0.39, 0.29) is 11.7 Å². The number of ether oxygens (including phenoxy) is 1. The van der Waals surface area contributed by atoms with Gasteiger partial charge in [0, 0.05) is 6.07 Å². The van der Waals surface area contributed by atoms with Gasteiger partial charge < -0.3 is 9.84 Å². The highest BCUT2D eigenvalue weighted by Gasteiger charge is 2.29. The smallest absolute Gasteiger partial charge is 0.315 e. The van der Waals surface area contributed by atoms with E-state index < -0.39 is 16.4 Å². The van der Waals surface area contributed by atoms with Crippen molar-refractivity contribution in [3.63, 3.8) is 0 Å². The zero-order chi connectivity index (χ0) is 20.4. The number of rotatable bonds is 5. The normalized spacial score (nSPS) is 15.1. The Morgan fingerprint density at radius 2 is 1.96 bits per heavy atom. The van der Waals surface area contributed by atoms with Crippen LogP contribution in [-0.4, -0.2) is 28.8 Å². The summed E-state index contributed by atoms with van der Waals surface area (Å²) in [5.41, 5.74) is 2.43. The standard InChI is InChI=1S/C20H19N3O5/c1-4-13-5-7-15(8-6-13)22-20(25)16(12(2)21-22)9-14-10-17(23(26)27)19(24)18(11-14)28-3/h5-11,24H,4H2,1-3H3/b16-9+. The summed E-state index contributed by atoms with van der Waals surface area (Å²) >= 11 is 0. The fourth-order valence-corrected chi connectivity index (χ4v) is 2.89. The van der Waals surface area contributed by atoms with Crippen LogP contribution in [-0.2, 0) is 11.2 Å². The number of phenolic OH excluding ortho intramolecular Hbond substituents is 1. The second-order valence-corrected chi connectivity index (χ2v) is 6.23. The predicted molar refractivity (Wildman–Crippen MR) is 106 cm³/mol. The van der Waals surface area contributed by atoms with Gasteiger partial charge in [-0.25, -0.2) is 0 Å². The maximum absolute atomic E-state index is 12.8. The largest absolute Gasteiger partial charge is 0.500 e. The molecule has 0 unspecified atom stereocenters. The first-order chi connectivity index (χ1) is 13.3. The van der Waals surface area contributed by atoms with Crippen molar-refractivity contribution in [2.24, 2.45) is 5.10 Å². The lowest BCUT2D eigenvalue weighted by Crippen LogP contribution is -2.21. The van der Waals surface area contributed by atoms with Gasteiger partial charge in [0.2, 0.25) is 5.75 Å². The Balaban J connectivity index is 1.99. The first kappa shape index (κ1) is 19.1. The van der Waals surface area contributed by atoms with Crippen LogP contribution in [0.1, 0.15) is 25.0 Å². The van der Waals surface area contributed by atoms with E-state index in [4.69, 9.17) is 4.74 Å². The van der Waals surface area contributed by atoms with Crippen molar-refractivity contribution in [1.82, 2.24) is 0 Å². The maximum Gasteiger partial charge on any atom is 0.315 e. The number of methoxy groups -OCH3 is 1. The summed E-state index contributed by atoms with van der Waals surface area (Å²) < 4.78 is 5.00. The Bertz CT molecular complexity index is 1010. The molecular weight excluding hydrogens is 362 g/mol. The molecule has 1 aliphatic rings. The fraction of sp³-hybridized carbons (Fsp3) is 0.200. The molecule has 0 aliphatic carbocycles. The Morgan fingerprint density at radius 1 is 1.29 bits per heavy atom. The number of phenols is 1. The van der Waals surface area contributed by atoms with Crippen LogP contribution in [0, 0.1) is 10.1 Å². The second-order valence-electron chi connectivity index (χ2n) is 6.23. The third-order valence-electron chi connectivity index (χ3n) is 4.46. The number of nitro benzene ring substituents is 1. The SMILES string of the molecule is CCc1ccc(N2N=C(C)/C(=C\c3cc(OC)c(O)c([N+](=O)[O-])c3)C2=O)cc1. The summed E-state index contributed by atoms with van der Waals surface area (Å²) in [6.45, 7) is 3.74. The van der Waals surface area contributed by atoms with Gasteiger partial charge in [0.25, 0.3) is 5.91 Å². The van der Waals surface area contributed by atoms with Crippen LogP contribution in [0.4, 0.5) is 11.4 Å². The van der Waals surface area contributed by atoms with Crippen molar-refractivity contribution in [2.75, 3.05) is 12.1 Å². The van der Waals surface area contributed by atoms with E-state index in [1.54, 1.807) is 6.92 Å². The zero-order valence-electron chi connectivity index (χ0n) is 15.7. The number of nitro groups is 1. The van der Waals surface area contributed by atoms with Gasteiger partial charge in [0.15, 0.2) is 5.75 Å². The first-order valence-electron chi connectivity index (χ1n) is 8.61. The van der Waals surface area contributed by atoms with E-state index in [1.165, 1.54) is 30.3 Å². The van der Waals surface area contributed by atoms with Gasteiger partial charge in [-0.1, -0.05) is 19.1 Å². The number of nitrogens with zero attached hydrogens (tertiary/aromatic N) is 3. The molecule has 2 aromatic carbocycles. The molecule has 144 valence electrons. The van der Waals surface area contributed by atoms with E-state index in [2.05, 4.69) is 5.10 Å². The minimum Gasteiger partial charge on any atom is -0.500 e. The number of amides is 1. The van der Waals surface area contributed by atoms with E-state index in [9.17, 15) is 20.0 Å². The lowest BCUT2D eigenvalue weighted by Gasteiger charge is -2.12. The highest BCUT2D eigenvalue weighted by atomic mass is 16.6. The lowest BCUT2D eigenvalue weighted by molar-refractivity contribution is -0.386. The van der Waals surface area contributed by atoms with Gasteiger partial charge in [-0.3, -0.25) is 14.9 Å². The van der Waals surface area contributed by atoms with Crippen LogP contribution >= 0.6 is 0 Å². The van der Waals surface area contributed by atoms with Crippen molar-refractivity contribution in [1.29, 1.82) is 0 Å². The van der Waals surface area contributed by atoms with Gasteiger partial charge in [-0.2, -0.15) is 10.1 Å². The molecule has 0 bridgehead atoms. The molecular formula is C20H19N3O5. The van der Waals surface area contributed by atoms with Crippen molar-refractivity contribution in [2.45, 2.75) is 20.3 Å². The van der Waals surface area contributed by atoms with Crippen molar-refractivity contribution < 1.29 is 19.6 Å². The van der Waals surface area contributed by atoms with Gasteiger partial charge in [0.1, 0.15) is 0 Å². The molecule has 1 aliphatic heterocycles. The van der Waals surface area contributed by atoms with Crippen LogP contribution in [0.25, 0.3) is 6.08 Å². The van der Waals surface area contributed by atoms with E-state index in [0.717, 1.165) is 12.0 Å². The molecule has 0 radical (unpaired) electrons. The Labute approximate surface area is 161 Å². The summed E-state index contributed by atoms with van der Waals surface area (Å²) in [5.74, 6) is -0.944. The Hall–Kier alpha value is -3.68. The Morgan fingerprint density at radius 3 is 2.54 bits per heavy atom. The molecule has 28 heavy (non-hydrogen) atoms. The molecule has 0 saturated heterocycles. The number of hydrogen-bond acceptors (Lipinski definition) is 6. The number of hydrogen-bond donors (Lipinski definition) is 1. The highest BCUT2D eigenvalue weighted by molar-refractivity contribution is 6.32. The third-order valence-corrected chi connectivity index (χ3v) is 4.46. The Kier molecular flexibility index (Phi) is 5.12. The van der Waals surface area contributed by atoms with Gasteiger partial charge in [-0.05, 0) is 48.7 Å². The molecule has 1 heterocycles. The van der Waals surface area contributed by atoms with E-state index >= 15 is 0 Å². The maximum atomic E-state index is 12.8. The van der Waals surface area contributed by atoms with E-state index in [1.807, 2.05) is 31.2 Å². The molecule has 3 rings (SSSR count). The number of benzene rings is 2. The summed E-state index contributed by atoms with van der Waals surface area (Å²) in [6, 6.07) is 10.1. The van der Waals surface area contributed by atoms with Crippen molar-refractivity contribution in [3.8, 4) is 11.5 Å². The third kappa shape index (κ3) is 3.44. The van der Waals surface area contributed by atoms with Gasteiger partial charge in [-0.15, -0.1) is 0 Å². The summed E-state index contributed by atoms with van der Waals surface area (Å²) in [6.07, 6.45) is 2.39. The van der Waals surface area contributed by atoms with E-state index in [0.29, 0.717) is 22.5 Å². The average molecular weight is 381 g/mol. The summed E-state index contributed by atoms with van der Waals surface area (Å²) in [7, 11) is 1.30. The summed E-state index contributed by atoms with van der Waals surface area (Å²) in [4.78, 5) is 23.3. The molecule has 0 saturated carbocycles. The minimum absolute atomic E-state index is 0.0481. The van der Waals surface area contributed by atoms with Gasteiger partial charge in [0.05, 0.1) is 29.0 Å². The predicted octanol–water partition coefficient (Wildman–Crippen LogP) is 3.68. The molecule has 8 nitrogen and oxygen atoms in total. The molecule has 0 spiro atoms. The van der Waals surface area contributed by atoms with Gasteiger partial charge >= 0.3 is 5.69 Å². The van der Waals surface area contributed by atoms with Crippen molar-refractivity contribution in [3.05, 3.63) is 63.2 Å². The van der Waals surface area contributed by atoms with Crippen molar-refractivity contribution >= 4 is 29.1 Å². The molecule has 0 fully saturated rings. The monoisotopic (exact) mass is 381 g/mol. The molecule has 2 aromatic rings.